The van der Waals surface area contributed by atoms with E-state index in [2.05, 4.69) is 5.10 Å². The van der Waals surface area contributed by atoms with Crippen LogP contribution in [-0.2, 0) is 19.7 Å². The van der Waals surface area contributed by atoms with Gasteiger partial charge in [-0.2, -0.15) is 5.10 Å². The summed E-state index contributed by atoms with van der Waals surface area (Å²) in [5.74, 6) is -0.132. The second-order valence-corrected chi connectivity index (χ2v) is 6.34. The standard InChI is InChI=1S/C20H19FN4O2/c21-16-9-5-4-8-15(16)20(26)24-10-11-25-18(12-24)19(22)17(23-25)13-27-14-6-2-1-3-7-14/h1-9H,10-13,22H2. The van der Waals surface area contributed by atoms with Crippen molar-refractivity contribution >= 4 is 11.6 Å². The molecule has 0 aliphatic carbocycles. The number of aromatic nitrogens is 2. The highest BCUT2D eigenvalue weighted by Gasteiger charge is 2.27. The highest BCUT2D eigenvalue weighted by atomic mass is 19.1. The predicted molar refractivity (Wildman–Crippen MR) is 98.6 cm³/mol. The summed E-state index contributed by atoms with van der Waals surface area (Å²) in [7, 11) is 0. The van der Waals surface area contributed by atoms with Crippen molar-refractivity contribution in [3.63, 3.8) is 0 Å². The summed E-state index contributed by atoms with van der Waals surface area (Å²) in [5.41, 5.74) is 8.20. The lowest BCUT2D eigenvalue weighted by Gasteiger charge is -2.28. The van der Waals surface area contributed by atoms with E-state index in [1.54, 1.807) is 21.7 Å². The molecule has 1 aliphatic heterocycles. The molecule has 1 amide bonds. The van der Waals surface area contributed by atoms with Gasteiger partial charge in [0.2, 0.25) is 0 Å². The highest BCUT2D eigenvalue weighted by molar-refractivity contribution is 5.94. The lowest BCUT2D eigenvalue weighted by Crippen LogP contribution is -2.39. The van der Waals surface area contributed by atoms with Gasteiger partial charge in [0.15, 0.2) is 0 Å². The topological polar surface area (TPSA) is 73.4 Å². The third-order valence-electron chi connectivity index (χ3n) is 4.61. The van der Waals surface area contributed by atoms with Crippen LogP contribution in [0.5, 0.6) is 5.75 Å². The number of nitrogens with two attached hydrogens (primary N) is 1. The van der Waals surface area contributed by atoms with Gasteiger partial charge in [0, 0.05) is 6.54 Å². The Morgan fingerprint density at radius 2 is 1.85 bits per heavy atom. The first-order valence-corrected chi connectivity index (χ1v) is 8.69. The molecule has 6 nitrogen and oxygen atoms in total. The van der Waals surface area contributed by atoms with E-state index in [0.29, 0.717) is 24.5 Å². The van der Waals surface area contributed by atoms with Crippen molar-refractivity contribution in [1.29, 1.82) is 0 Å². The molecule has 3 aromatic rings. The number of ether oxygens (including phenoxy) is 1. The number of amides is 1. The molecule has 1 aromatic heterocycles. The Bertz CT molecular complexity index is 971. The van der Waals surface area contributed by atoms with E-state index in [9.17, 15) is 9.18 Å². The number of carbonyl (C=O) groups is 1. The van der Waals surface area contributed by atoms with Crippen molar-refractivity contribution in [3.8, 4) is 5.75 Å². The molecule has 0 fully saturated rings. The second kappa shape index (κ2) is 7.11. The molecule has 0 bridgehead atoms. The molecule has 1 aliphatic rings. The van der Waals surface area contributed by atoms with Crippen molar-refractivity contribution in [3.05, 3.63) is 77.4 Å². The van der Waals surface area contributed by atoms with Crippen molar-refractivity contribution in [2.45, 2.75) is 19.7 Å². The summed E-state index contributed by atoms with van der Waals surface area (Å²) in [6.07, 6.45) is 0. The van der Waals surface area contributed by atoms with Gasteiger partial charge in [0.1, 0.15) is 23.9 Å². The zero-order valence-electron chi connectivity index (χ0n) is 14.6. The van der Waals surface area contributed by atoms with E-state index >= 15 is 0 Å². The zero-order valence-corrected chi connectivity index (χ0v) is 14.6. The van der Waals surface area contributed by atoms with E-state index in [-0.39, 0.29) is 24.6 Å². The van der Waals surface area contributed by atoms with Crippen LogP contribution in [0.3, 0.4) is 0 Å². The maximum atomic E-state index is 13.9. The molecule has 7 heteroatoms. The summed E-state index contributed by atoms with van der Waals surface area (Å²) in [5, 5.41) is 4.50. The molecule has 27 heavy (non-hydrogen) atoms. The molecule has 0 saturated heterocycles. The molecule has 0 spiro atoms. The zero-order chi connectivity index (χ0) is 18.8. The third-order valence-corrected chi connectivity index (χ3v) is 4.61. The van der Waals surface area contributed by atoms with Crippen LogP contribution in [0.25, 0.3) is 0 Å². The summed E-state index contributed by atoms with van der Waals surface area (Å²) < 4.78 is 21.4. The van der Waals surface area contributed by atoms with Gasteiger partial charge in [0.25, 0.3) is 5.91 Å². The Hall–Kier alpha value is -3.35. The number of rotatable bonds is 4. The van der Waals surface area contributed by atoms with Crippen LogP contribution >= 0.6 is 0 Å². The van der Waals surface area contributed by atoms with E-state index in [1.807, 2.05) is 30.3 Å². The number of para-hydroxylation sites is 1. The molecule has 4 rings (SSSR count). The maximum absolute atomic E-state index is 13.9. The number of halogens is 1. The number of hydrogen-bond acceptors (Lipinski definition) is 4. The van der Waals surface area contributed by atoms with E-state index < -0.39 is 5.82 Å². The maximum Gasteiger partial charge on any atom is 0.257 e. The first-order valence-electron chi connectivity index (χ1n) is 8.69. The average Bonchev–Trinajstić information content (AvgIpc) is 3.02. The van der Waals surface area contributed by atoms with Gasteiger partial charge in [0.05, 0.1) is 30.0 Å². The van der Waals surface area contributed by atoms with Gasteiger partial charge in [-0.05, 0) is 24.3 Å². The van der Waals surface area contributed by atoms with Gasteiger partial charge in [-0.3, -0.25) is 9.48 Å². The molecule has 2 N–H and O–H groups in total. The van der Waals surface area contributed by atoms with Crippen LogP contribution in [0.1, 0.15) is 21.7 Å². The molecular weight excluding hydrogens is 347 g/mol. The van der Waals surface area contributed by atoms with E-state index in [0.717, 1.165) is 11.4 Å². The number of carbonyl (C=O) groups excluding carboxylic acids is 1. The van der Waals surface area contributed by atoms with Crippen LogP contribution in [0, 0.1) is 5.82 Å². The van der Waals surface area contributed by atoms with E-state index in [4.69, 9.17) is 10.5 Å². The summed E-state index contributed by atoms with van der Waals surface area (Å²) >= 11 is 0. The van der Waals surface area contributed by atoms with Gasteiger partial charge in [-0.25, -0.2) is 4.39 Å². The lowest BCUT2D eigenvalue weighted by molar-refractivity contribution is 0.0702. The molecule has 0 atom stereocenters. The Labute approximate surface area is 156 Å². The number of anilines is 1. The monoisotopic (exact) mass is 366 g/mol. The Morgan fingerprint density at radius 3 is 2.63 bits per heavy atom. The average molecular weight is 366 g/mol. The predicted octanol–water partition coefficient (Wildman–Crippen LogP) is 2.84. The summed E-state index contributed by atoms with van der Waals surface area (Å²) in [6, 6.07) is 15.4. The van der Waals surface area contributed by atoms with E-state index in [1.165, 1.54) is 12.1 Å². The third kappa shape index (κ3) is 3.36. The minimum Gasteiger partial charge on any atom is -0.487 e. The summed E-state index contributed by atoms with van der Waals surface area (Å²) in [6.45, 7) is 1.49. The fourth-order valence-corrected chi connectivity index (χ4v) is 3.15. The fourth-order valence-electron chi connectivity index (χ4n) is 3.15. The number of fused-ring (bicyclic) bond motifs is 1. The van der Waals surface area contributed by atoms with Crippen molar-refractivity contribution in [1.82, 2.24) is 14.7 Å². The molecule has 138 valence electrons. The smallest absolute Gasteiger partial charge is 0.257 e. The Morgan fingerprint density at radius 1 is 1.11 bits per heavy atom. The second-order valence-electron chi connectivity index (χ2n) is 6.34. The first-order chi connectivity index (χ1) is 13.1. The number of nitrogen functional groups attached to an aromatic ring is 1. The van der Waals surface area contributed by atoms with Crippen molar-refractivity contribution < 1.29 is 13.9 Å². The van der Waals surface area contributed by atoms with Crippen molar-refractivity contribution in [2.24, 2.45) is 0 Å². The quantitative estimate of drug-likeness (QED) is 0.771. The van der Waals surface area contributed by atoms with Gasteiger partial charge in [-0.1, -0.05) is 30.3 Å². The van der Waals surface area contributed by atoms with Crippen molar-refractivity contribution in [2.75, 3.05) is 12.3 Å². The van der Waals surface area contributed by atoms with Crippen LogP contribution < -0.4 is 10.5 Å². The van der Waals surface area contributed by atoms with Crippen LogP contribution in [-0.4, -0.2) is 27.1 Å². The molecular formula is C20H19FN4O2. The number of benzene rings is 2. The molecule has 0 saturated carbocycles. The van der Waals surface area contributed by atoms with Crippen LogP contribution in [0.4, 0.5) is 10.1 Å². The molecule has 2 heterocycles. The van der Waals surface area contributed by atoms with Crippen LogP contribution in [0.15, 0.2) is 54.6 Å². The number of hydrogen-bond donors (Lipinski definition) is 1. The number of nitrogens with zero attached hydrogens (tertiary/aromatic N) is 3. The molecule has 2 aromatic carbocycles. The lowest BCUT2D eigenvalue weighted by atomic mass is 10.1. The Balaban J connectivity index is 1.50. The normalized spacial score (nSPS) is 13.3. The van der Waals surface area contributed by atoms with Gasteiger partial charge < -0.3 is 15.4 Å². The minimum atomic E-state index is -0.522. The van der Waals surface area contributed by atoms with Gasteiger partial charge in [-0.15, -0.1) is 0 Å². The first kappa shape index (κ1) is 17.1. The Kier molecular flexibility index (Phi) is 4.50. The fraction of sp³-hybridized carbons (Fsp3) is 0.200. The van der Waals surface area contributed by atoms with Gasteiger partial charge >= 0.3 is 0 Å². The highest BCUT2D eigenvalue weighted by Crippen LogP contribution is 2.25. The largest absolute Gasteiger partial charge is 0.487 e. The minimum absolute atomic E-state index is 0.0664. The molecule has 0 unspecified atom stereocenters. The molecule has 0 radical (unpaired) electrons. The summed E-state index contributed by atoms with van der Waals surface area (Å²) in [4.78, 5) is 14.2. The van der Waals surface area contributed by atoms with Crippen LogP contribution in [0.2, 0.25) is 0 Å². The SMILES string of the molecule is Nc1c(COc2ccccc2)nn2c1CN(C(=O)c1ccccc1F)CC2.